The Bertz CT molecular complexity index is 2220. The van der Waals surface area contributed by atoms with E-state index in [0.29, 0.717) is 53.8 Å². The second-order valence-corrected chi connectivity index (χ2v) is 19.1. The number of rotatable bonds is 23. The summed E-state index contributed by atoms with van der Waals surface area (Å²) in [5, 5.41) is -2.68. The summed E-state index contributed by atoms with van der Waals surface area (Å²) in [5.41, 5.74) is 1.52. The van der Waals surface area contributed by atoms with Gasteiger partial charge in [0.25, 0.3) is 0 Å². The number of allylic oxidation sites excluding steroid dienone is 8. The average Bonchev–Trinajstić information content (AvgIpc) is 3.38. The van der Waals surface area contributed by atoms with Gasteiger partial charge in [0.05, 0.1) is 0 Å². The van der Waals surface area contributed by atoms with Gasteiger partial charge < -0.3 is 27.6 Å². The highest BCUT2D eigenvalue weighted by atomic mass is 31.2. The van der Waals surface area contributed by atoms with Crippen LogP contribution in [-0.4, -0.2) is 10.7 Å². The van der Waals surface area contributed by atoms with Crippen molar-refractivity contribution in [3.63, 3.8) is 0 Å². The maximum Gasteiger partial charge on any atom is 0.474 e. The molecule has 0 amide bonds. The third-order valence-electron chi connectivity index (χ3n) is 10.4. The Balaban J connectivity index is 0.00000532. The number of ether oxygens (including phenoxy) is 2. The normalized spacial score (nSPS) is 14.1. The smallest absolute Gasteiger partial charge is 0.473 e. The van der Waals surface area contributed by atoms with E-state index < -0.39 is 31.3 Å². The van der Waals surface area contributed by atoms with E-state index in [2.05, 4.69) is 27.0 Å². The maximum absolute atomic E-state index is 15.2. The lowest BCUT2D eigenvalue weighted by atomic mass is 9.78. The van der Waals surface area contributed by atoms with Crippen LogP contribution in [-0.2, 0) is 23.8 Å². The molecule has 4 aromatic rings. The quantitative estimate of drug-likeness (QED) is 0.0413. The molecule has 4 rings (SSSR count). The first-order valence-electron chi connectivity index (χ1n) is 24.3. The van der Waals surface area contributed by atoms with Gasteiger partial charge in [0, 0.05) is 5.41 Å². The first kappa shape index (κ1) is 62.6. The zero-order chi connectivity index (χ0) is 51.9. The van der Waals surface area contributed by atoms with Crippen molar-refractivity contribution in [2.45, 2.75) is 146 Å². The summed E-state index contributed by atoms with van der Waals surface area (Å²) >= 11 is 0. The topological polar surface area (TPSA) is 89.5 Å². The fourth-order valence-corrected chi connectivity index (χ4v) is 10.3. The minimum absolute atomic E-state index is 0.316. The summed E-state index contributed by atoms with van der Waals surface area (Å²) in [6, 6.07) is 33.2. The van der Waals surface area contributed by atoms with Crippen molar-refractivity contribution in [3.05, 3.63) is 194 Å². The average molecular weight is 971 g/mol. The molecule has 0 radical (unpaired) electrons. The lowest BCUT2D eigenvalue weighted by molar-refractivity contribution is 0.0524. The number of hydrogen-bond acceptors (Lipinski definition) is 8. The number of para-hydroxylation sites is 2. The molecule has 4 aromatic carbocycles. The van der Waals surface area contributed by atoms with E-state index in [9.17, 15) is 4.57 Å². The molecule has 8 nitrogen and oxygen atoms in total. The zero-order valence-electron chi connectivity index (χ0n) is 44.2. The Morgan fingerprint density at radius 2 is 0.882 bits per heavy atom. The predicted octanol–water partition coefficient (Wildman–Crippen LogP) is 19.4. The van der Waals surface area contributed by atoms with Crippen molar-refractivity contribution in [2.75, 3.05) is 0 Å². The van der Waals surface area contributed by atoms with Crippen molar-refractivity contribution in [1.82, 2.24) is 0 Å². The zero-order valence-corrected chi connectivity index (χ0v) is 46.0. The molecule has 0 bridgehead atoms. The third kappa shape index (κ3) is 17.3. The lowest BCUT2D eigenvalue weighted by Gasteiger charge is -2.38. The Morgan fingerprint density at radius 1 is 0.515 bits per heavy atom. The van der Waals surface area contributed by atoms with Crippen LogP contribution in [0.15, 0.2) is 182 Å². The van der Waals surface area contributed by atoms with Gasteiger partial charge in [0.1, 0.15) is 34.5 Å². The highest BCUT2D eigenvalue weighted by Gasteiger charge is 2.55. The molecule has 374 valence electrons. The molecule has 0 aliphatic rings. The molecule has 0 N–H and O–H groups in total. The highest BCUT2D eigenvalue weighted by Crippen LogP contribution is 2.64. The molecular weight excluding hydrogens is 887 g/mol. The van der Waals surface area contributed by atoms with E-state index in [1.165, 1.54) is 0 Å². The van der Waals surface area contributed by atoms with E-state index in [1.807, 2.05) is 162 Å². The summed E-state index contributed by atoms with van der Waals surface area (Å²) in [7, 11) is -8.11. The van der Waals surface area contributed by atoms with Crippen molar-refractivity contribution >= 4 is 15.2 Å². The molecule has 0 spiro atoms. The van der Waals surface area contributed by atoms with Gasteiger partial charge in [-0.1, -0.05) is 188 Å². The van der Waals surface area contributed by atoms with Crippen molar-refractivity contribution < 1.29 is 36.7 Å². The van der Waals surface area contributed by atoms with Crippen LogP contribution >= 0.6 is 15.2 Å². The lowest BCUT2D eigenvalue weighted by Crippen LogP contribution is -2.35. The molecule has 10 heteroatoms. The van der Waals surface area contributed by atoms with Crippen LogP contribution in [0.25, 0.3) is 0 Å². The van der Waals surface area contributed by atoms with E-state index in [-0.39, 0.29) is 0 Å². The maximum atomic E-state index is 15.2. The predicted molar refractivity (Wildman–Crippen MR) is 291 cm³/mol. The van der Waals surface area contributed by atoms with Gasteiger partial charge in [0.2, 0.25) is 10.7 Å². The number of hydrogen-bond donors (Lipinski definition) is 0. The molecule has 3 atom stereocenters. The molecular formula is C58H84O8P2. The highest BCUT2D eigenvalue weighted by molar-refractivity contribution is 7.56. The van der Waals surface area contributed by atoms with Crippen LogP contribution < -0.4 is 18.3 Å². The Hall–Kier alpha value is -5.42. The second-order valence-electron chi connectivity index (χ2n) is 14.6. The molecule has 0 saturated carbocycles. The van der Waals surface area contributed by atoms with Crippen LogP contribution in [0.2, 0.25) is 0 Å². The van der Waals surface area contributed by atoms with Crippen LogP contribution in [0.5, 0.6) is 23.0 Å². The van der Waals surface area contributed by atoms with Crippen LogP contribution in [0.4, 0.5) is 0 Å². The Labute approximate surface area is 413 Å². The van der Waals surface area contributed by atoms with Crippen molar-refractivity contribution in [1.29, 1.82) is 0 Å². The Kier molecular flexibility index (Phi) is 29.8. The molecule has 0 aliphatic carbocycles. The van der Waals surface area contributed by atoms with Crippen LogP contribution in [0, 0.1) is 0 Å². The molecule has 68 heavy (non-hydrogen) atoms. The molecule has 3 unspecified atom stereocenters. The monoisotopic (exact) mass is 971 g/mol. The van der Waals surface area contributed by atoms with Crippen molar-refractivity contribution in [2.24, 2.45) is 0 Å². The van der Waals surface area contributed by atoms with E-state index >= 15 is 4.57 Å². The fraction of sp³-hybridized carbons (Fsp3) is 0.379. The van der Waals surface area contributed by atoms with Crippen LogP contribution in [0.3, 0.4) is 0 Å². The van der Waals surface area contributed by atoms with Gasteiger partial charge in [0.15, 0.2) is 0 Å². The largest absolute Gasteiger partial charge is 0.474 e. The number of benzene rings is 4. The standard InChI is InChI=1S/C50H60O8P2.4C2H6/c1-11-18-26-42(13-3)54-50(16-6,17-7)60(52,57-46-30-24-21-25-31-46)58-47-38-34-41(35-39-47)48(8,9)40-32-36-44(37-33-40)53-49(10,15-5)59(51,55-43(14-4)27-19-12-2)56-45-28-22-20-23-29-45;4*1-2/h11-14,18-39H,1-2,15-17H2,3-10H3;4*1-2H3/b26-18-,27-19-,42-13+,43-14+;;;;. The van der Waals surface area contributed by atoms with Gasteiger partial charge in [-0.3, -0.25) is 0 Å². The molecule has 0 heterocycles. The summed E-state index contributed by atoms with van der Waals surface area (Å²) in [4.78, 5) is 0. The summed E-state index contributed by atoms with van der Waals surface area (Å²) in [6.07, 6.45) is 14.7. The molecule has 0 saturated heterocycles. The molecule has 0 fully saturated rings. The summed E-state index contributed by atoms with van der Waals surface area (Å²) in [6.45, 7) is 38.8. The molecule has 0 aliphatic heterocycles. The van der Waals surface area contributed by atoms with E-state index in [0.717, 1.165) is 11.1 Å². The summed E-state index contributed by atoms with van der Waals surface area (Å²) in [5.74, 6) is 2.57. The third-order valence-corrected chi connectivity index (χ3v) is 15.5. The molecule has 0 aromatic heterocycles. The van der Waals surface area contributed by atoms with Gasteiger partial charge in [-0.15, -0.1) is 0 Å². The second kappa shape index (κ2) is 32.4. The summed E-state index contributed by atoms with van der Waals surface area (Å²) < 4.78 is 68.2. The van der Waals surface area contributed by atoms with Gasteiger partial charge in [-0.25, -0.2) is 9.13 Å². The first-order chi connectivity index (χ1) is 32.7. The van der Waals surface area contributed by atoms with Gasteiger partial charge in [-0.2, -0.15) is 0 Å². The van der Waals surface area contributed by atoms with Gasteiger partial charge in [-0.05, 0) is 124 Å². The van der Waals surface area contributed by atoms with Crippen LogP contribution in [0.1, 0.15) is 141 Å². The minimum atomic E-state index is -4.08. The van der Waals surface area contributed by atoms with Crippen molar-refractivity contribution in [3.8, 4) is 23.0 Å². The SMILES string of the molecule is C=C/C=C\C(=C/C)OC(CC)(CC)P(=O)(Oc1ccccc1)Oc1ccc(C(C)(C)c2ccc(OC(C)(CC)P(=O)(OC(/C=C\C=C)=C/C)Oc3ccccc3)cc2)cc1.CC.CC.CC.CC. The van der Waals surface area contributed by atoms with Gasteiger partial charge >= 0.3 is 15.2 Å². The minimum Gasteiger partial charge on any atom is -0.473 e. The Morgan fingerprint density at radius 3 is 1.25 bits per heavy atom. The fourth-order valence-electron chi connectivity index (χ4n) is 6.28. The van der Waals surface area contributed by atoms with E-state index in [1.54, 1.807) is 92.8 Å². The van der Waals surface area contributed by atoms with E-state index in [4.69, 9.17) is 27.6 Å². The first-order valence-corrected chi connectivity index (χ1v) is 27.4.